The number of nitrogen functional groups attached to an aromatic ring is 1. The molecule has 0 aliphatic carbocycles. The van der Waals surface area contributed by atoms with Gasteiger partial charge in [0.05, 0.1) is 6.20 Å². The van der Waals surface area contributed by atoms with Gasteiger partial charge in [-0.3, -0.25) is 4.68 Å². The lowest BCUT2D eigenvalue weighted by atomic mass is 10.2. The summed E-state index contributed by atoms with van der Waals surface area (Å²) in [6.45, 7) is 2.76. The average molecular weight is 216 g/mol. The van der Waals surface area contributed by atoms with Crippen LogP contribution in [0.1, 0.15) is 11.1 Å². The van der Waals surface area contributed by atoms with E-state index in [4.69, 9.17) is 5.73 Å². The molecule has 0 aliphatic rings. The lowest BCUT2D eigenvalue weighted by Gasteiger charge is -2.07. The predicted molar refractivity (Wildman–Crippen MR) is 66.1 cm³/mol. The number of nitrogens with one attached hydrogen (secondary N) is 1. The number of benzene rings is 1. The Labute approximate surface area is 95.1 Å². The van der Waals surface area contributed by atoms with E-state index in [9.17, 15) is 0 Å². The molecule has 2 rings (SSSR count). The SMILES string of the molecule is Cc1ccc(NCc2cnn(C)c2)cc1N. The van der Waals surface area contributed by atoms with Crippen LogP contribution in [0.2, 0.25) is 0 Å². The van der Waals surface area contributed by atoms with Crippen molar-refractivity contribution in [1.82, 2.24) is 9.78 Å². The van der Waals surface area contributed by atoms with Gasteiger partial charge in [-0.2, -0.15) is 5.10 Å². The van der Waals surface area contributed by atoms with Crippen molar-refractivity contribution in [3.05, 3.63) is 41.7 Å². The topological polar surface area (TPSA) is 55.9 Å². The van der Waals surface area contributed by atoms with Crippen LogP contribution < -0.4 is 11.1 Å². The zero-order chi connectivity index (χ0) is 11.5. The molecule has 4 nitrogen and oxygen atoms in total. The molecule has 84 valence electrons. The Balaban J connectivity index is 2.02. The molecule has 4 heteroatoms. The molecule has 0 bridgehead atoms. The van der Waals surface area contributed by atoms with Crippen LogP contribution in [0.4, 0.5) is 11.4 Å². The quantitative estimate of drug-likeness (QED) is 0.771. The van der Waals surface area contributed by atoms with Crippen molar-refractivity contribution in [2.45, 2.75) is 13.5 Å². The van der Waals surface area contributed by atoms with E-state index in [0.29, 0.717) is 0 Å². The predicted octanol–water partition coefficient (Wildman–Crippen LogP) is 1.92. The Morgan fingerprint density at radius 3 is 2.88 bits per heavy atom. The minimum atomic E-state index is 0.760. The van der Waals surface area contributed by atoms with Gasteiger partial charge in [0.2, 0.25) is 0 Å². The number of hydrogen-bond acceptors (Lipinski definition) is 3. The Hall–Kier alpha value is -1.97. The first-order chi connectivity index (χ1) is 7.65. The molecule has 0 aliphatic heterocycles. The maximum atomic E-state index is 5.84. The van der Waals surface area contributed by atoms with Crippen molar-refractivity contribution >= 4 is 11.4 Å². The molecule has 0 atom stereocenters. The molecule has 0 spiro atoms. The maximum absolute atomic E-state index is 5.84. The second-order valence-electron chi connectivity index (χ2n) is 3.95. The van der Waals surface area contributed by atoms with Gasteiger partial charge < -0.3 is 11.1 Å². The Bertz CT molecular complexity index is 488. The third kappa shape index (κ3) is 2.34. The number of hydrogen-bond donors (Lipinski definition) is 2. The summed E-state index contributed by atoms with van der Waals surface area (Å²) in [4.78, 5) is 0. The third-order valence-electron chi connectivity index (χ3n) is 2.53. The number of rotatable bonds is 3. The van der Waals surface area contributed by atoms with E-state index in [0.717, 1.165) is 29.0 Å². The highest BCUT2D eigenvalue weighted by Gasteiger charge is 1.98. The highest BCUT2D eigenvalue weighted by Crippen LogP contribution is 2.17. The molecular formula is C12H16N4. The highest BCUT2D eigenvalue weighted by molar-refractivity contribution is 5.58. The Morgan fingerprint density at radius 1 is 1.44 bits per heavy atom. The van der Waals surface area contributed by atoms with Crippen LogP contribution >= 0.6 is 0 Å². The summed E-state index contributed by atoms with van der Waals surface area (Å²) < 4.78 is 1.79. The van der Waals surface area contributed by atoms with Crippen LogP contribution in [0.25, 0.3) is 0 Å². The first-order valence-corrected chi connectivity index (χ1v) is 5.22. The molecule has 0 amide bonds. The number of aryl methyl sites for hydroxylation is 2. The molecule has 0 saturated heterocycles. The van der Waals surface area contributed by atoms with Gasteiger partial charge >= 0.3 is 0 Å². The van der Waals surface area contributed by atoms with Crippen molar-refractivity contribution in [3.63, 3.8) is 0 Å². The minimum Gasteiger partial charge on any atom is -0.398 e. The fourth-order valence-electron chi connectivity index (χ4n) is 1.52. The standard InChI is InChI=1S/C12H16N4/c1-9-3-4-11(5-12(9)13)14-6-10-7-15-16(2)8-10/h3-5,7-8,14H,6,13H2,1-2H3. The zero-order valence-corrected chi connectivity index (χ0v) is 9.57. The van der Waals surface area contributed by atoms with Gasteiger partial charge in [-0.25, -0.2) is 0 Å². The van der Waals surface area contributed by atoms with Crippen molar-refractivity contribution in [1.29, 1.82) is 0 Å². The van der Waals surface area contributed by atoms with Crippen molar-refractivity contribution < 1.29 is 0 Å². The van der Waals surface area contributed by atoms with Crippen molar-refractivity contribution in [2.24, 2.45) is 7.05 Å². The summed E-state index contributed by atoms with van der Waals surface area (Å²) in [5, 5.41) is 7.42. The molecule has 1 heterocycles. The number of nitrogens with zero attached hydrogens (tertiary/aromatic N) is 2. The number of anilines is 2. The molecule has 0 unspecified atom stereocenters. The molecule has 0 saturated carbocycles. The third-order valence-corrected chi connectivity index (χ3v) is 2.53. The molecule has 2 aromatic rings. The fourth-order valence-corrected chi connectivity index (χ4v) is 1.52. The van der Waals surface area contributed by atoms with Crippen LogP contribution in [0.3, 0.4) is 0 Å². The average Bonchev–Trinajstić information content (AvgIpc) is 2.66. The lowest BCUT2D eigenvalue weighted by Crippen LogP contribution is -1.99. The van der Waals surface area contributed by atoms with E-state index in [1.165, 1.54) is 0 Å². The lowest BCUT2D eigenvalue weighted by molar-refractivity contribution is 0.767. The van der Waals surface area contributed by atoms with Crippen LogP contribution in [0.5, 0.6) is 0 Å². The molecule has 16 heavy (non-hydrogen) atoms. The second-order valence-corrected chi connectivity index (χ2v) is 3.95. The largest absolute Gasteiger partial charge is 0.398 e. The monoisotopic (exact) mass is 216 g/mol. The van der Waals surface area contributed by atoms with Gasteiger partial charge in [-0.05, 0) is 24.6 Å². The highest BCUT2D eigenvalue weighted by atomic mass is 15.2. The number of nitrogens with two attached hydrogens (primary N) is 1. The van der Waals surface area contributed by atoms with Crippen LogP contribution in [-0.4, -0.2) is 9.78 Å². The van der Waals surface area contributed by atoms with E-state index in [-0.39, 0.29) is 0 Å². The molecular weight excluding hydrogens is 200 g/mol. The second kappa shape index (κ2) is 4.26. The van der Waals surface area contributed by atoms with Gasteiger partial charge in [-0.15, -0.1) is 0 Å². The van der Waals surface area contributed by atoms with E-state index >= 15 is 0 Å². The zero-order valence-electron chi connectivity index (χ0n) is 9.57. The molecule has 3 N–H and O–H groups in total. The van der Waals surface area contributed by atoms with Crippen LogP contribution in [0.15, 0.2) is 30.6 Å². The molecule has 0 fully saturated rings. The van der Waals surface area contributed by atoms with Crippen molar-refractivity contribution in [3.8, 4) is 0 Å². The summed E-state index contributed by atoms with van der Waals surface area (Å²) in [6, 6.07) is 5.99. The normalized spacial score (nSPS) is 10.4. The number of aromatic nitrogens is 2. The van der Waals surface area contributed by atoms with Gasteiger partial charge in [0.15, 0.2) is 0 Å². The summed E-state index contributed by atoms with van der Waals surface area (Å²) in [6.07, 6.45) is 3.84. The van der Waals surface area contributed by atoms with Gasteiger partial charge in [0.1, 0.15) is 0 Å². The Kier molecular flexibility index (Phi) is 2.81. The first-order valence-electron chi connectivity index (χ1n) is 5.22. The van der Waals surface area contributed by atoms with E-state index in [2.05, 4.69) is 10.4 Å². The first kappa shape index (κ1) is 10.5. The summed E-state index contributed by atoms with van der Waals surface area (Å²) >= 11 is 0. The maximum Gasteiger partial charge on any atom is 0.0539 e. The van der Waals surface area contributed by atoms with Crippen LogP contribution in [-0.2, 0) is 13.6 Å². The van der Waals surface area contributed by atoms with Gasteiger partial charge in [0.25, 0.3) is 0 Å². The van der Waals surface area contributed by atoms with E-state index in [1.54, 1.807) is 4.68 Å². The minimum absolute atomic E-state index is 0.760. The van der Waals surface area contributed by atoms with E-state index in [1.807, 2.05) is 44.6 Å². The fraction of sp³-hybridized carbons (Fsp3) is 0.250. The Morgan fingerprint density at radius 2 is 2.25 bits per heavy atom. The summed E-state index contributed by atoms with van der Waals surface area (Å²) in [5.41, 5.74) is 9.95. The van der Waals surface area contributed by atoms with Gasteiger partial charge in [-0.1, -0.05) is 6.07 Å². The smallest absolute Gasteiger partial charge is 0.0539 e. The van der Waals surface area contributed by atoms with Gasteiger partial charge in [0, 0.05) is 36.7 Å². The van der Waals surface area contributed by atoms with Crippen LogP contribution in [0, 0.1) is 6.92 Å². The van der Waals surface area contributed by atoms with E-state index < -0.39 is 0 Å². The van der Waals surface area contributed by atoms with Crippen molar-refractivity contribution in [2.75, 3.05) is 11.1 Å². The molecule has 1 aromatic heterocycles. The molecule has 0 radical (unpaired) electrons. The summed E-state index contributed by atoms with van der Waals surface area (Å²) in [7, 11) is 1.91. The molecule has 1 aromatic carbocycles. The summed E-state index contributed by atoms with van der Waals surface area (Å²) in [5.74, 6) is 0.